The van der Waals surface area contributed by atoms with Crippen molar-refractivity contribution >= 4 is 11.6 Å². The van der Waals surface area contributed by atoms with Crippen molar-refractivity contribution < 1.29 is 13.5 Å². The summed E-state index contributed by atoms with van der Waals surface area (Å²) in [5.41, 5.74) is 2.22. The van der Waals surface area contributed by atoms with Gasteiger partial charge in [-0.15, -0.1) is 0 Å². The first-order chi connectivity index (χ1) is 11.5. The number of pyridine rings is 1. The number of hydrogen-bond donors (Lipinski definition) is 0. The number of ether oxygens (including phenoxy) is 1. The summed E-state index contributed by atoms with van der Waals surface area (Å²) in [4.78, 5) is 13.0. The Hall–Kier alpha value is -2.60. The smallest absolute Gasteiger partial charge is 0.387 e. The molecule has 0 aliphatic heterocycles. The van der Waals surface area contributed by atoms with Crippen LogP contribution in [-0.4, -0.2) is 21.6 Å². The molecule has 1 aromatic carbocycles. The van der Waals surface area contributed by atoms with Crippen LogP contribution in [0.2, 0.25) is 5.02 Å². The average Bonchev–Trinajstić information content (AvgIpc) is 2.54. The van der Waals surface area contributed by atoms with Crippen molar-refractivity contribution in [2.45, 2.75) is 13.5 Å². The van der Waals surface area contributed by atoms with Crippen molar-refractivity contribution in [2.75, 3.05) is 0 Å². The Bertz CT molecular complexity index is 874. The predicted octanol–water partition coefficient (Wildman–Crippen LogP) is 4.77. The number of halogens is 3. The van der Waals surface area contributed by atoms with Crippen molar-refractivity contribution in [3.05, 3.63) is 59.4 Å². The van der Waals surface area contributed by atoms with Gasteiger partial charge in [-0.25, -0.2) is 15.0 Å². The number of rotatable bonds is 4. The molecule has 0 saturated carbocycles. The zero-order valence-electron chi connectivity index (χ0n) is 12.6. The van der Waals surface area contributed by atoms with Gasteiger partial charge in [-0.2, -0.15) is 8.78 Å². The number of nitrogens with zero attached hydrogens (tertiary/aromatic N) is 3. The van der Waals surface area contributed by atoms with Gasteiger partial charge in [0.05, 0.1) is 5.69 Å². The molecule has 3 aromatic rings. The first kappa shape index (κ1) is 16.3. The van der Waals surface area contributed by atoms with Gasteiger partial charge in [0.2, 0.25) is 0 Å². The summed E-state index contributed by atoms with van der Waals surface area (Å²) in [7, 11) is 0. The van der Waals surface area contributed by atoms with Gasteiger partial charge in [-0.1, -0.05) is 17.7 Å². The van der Waals surface area contributed by atoms with E-state index in [-0.39, 0.29) is 5.75 Å². The second kappa shape index (κ2) is 6.88. The molecule has 0 bridgehead atoms. The third kappa shape index (κ3) is 3.65. The van der Waals surface area contributed by atoms with Gasteiger partial charge in [-0.05, 0) is 43.3 Å². The molecule has 0 spiro atoms. The third-order valence-electron chi connectivity index (χ3n) is 3.21. The Morgan fingerprint density at radius 2 is 1.83 bits per heavy atom. The minimum absolute atomic E-state index is 0.0349. The number of aromatic nitrogens is 3. The summed E-state index contributed by atoms with van der Waals surface area (Å²) in [6.07, 6.45) is 1.64. The van der Waals surface area contributed by atoms with Crippen LogP contribution in [0, 0.1) is 6.92 Å². The van der Waals surface area contributed by atoms with Crippen LogP contribution in [0.25, 0.3) is 22.8 Å². The van der Waals surface area contributed by atoms with Crippen LogP contribution >= 0.6 is 11.6 Å². The Balaban J connectivity index is 2.06. The topological polar surface area (TPSA) is 47.9 Å². The van der Waals surface area contributed by atoms with Gasteiger partial charge >= 0.3 is 6.61 Å². The molecular weight excluding hydrogens is 336 g/mol. The fourth-order valence-corrected chi connectivity index (χ4v) is 2.34. The van der Waals surface area contributed by atoms with Crippen molar-refractivity contribution in [1.82, 2.24) is 15.0 Å². The molecule has 0 atom stereocenters. The largest absolute Gasteiger partial charge is 0.434 e. The van der Waals surface area contributed by atoms with Gasteiger partial charge in [0.15, 0.2) is 5.82 Å². The van der Waals surface area contributed by atoms with Crippen LogP contribution < -0.4 is 4.74 Å². The maximum atomic E-state index is 12.6. The Labute approximate surface area is 142 Å². The molecule has 0 radical (unpaired) electrons. The highest BCUT2D eigenvalue weighted by atomic mass is 35.5. The van der Waals surface area contributed by atoms with Gasteiger partial charge in [0.1, 0.15) is 11.4 Å². The normalized spacial score (nSPS) is 10.9. The lowest BCUT2D eigenvalue weighted by atomic mass is 10.1. The fourth-order valence-electron chi connectivity index (χ4n) is 2.18. The monoisotopic (exact) mass is 347 g/mol. The molecule has 24 heavy (non-hydrogen) atoms. The van der Waals surface area contributed by atoms with E-state index in [1.54, 1.807) is 42.6 Å². The van der Waals surface area contributed by atoms with E-state index in [2.05, 4.69) is 19.7 Å². The summed E-state index contributed by atoms with van der Waals surface area (Å²) >= 11 is 5.87. The van der Waals surface area contributed by atoms with E-state index in [1.807, 2.05) is 6.92 Å². The van der Waals surface area contributed by atoms with Crippen molar-refractivity contribution in [1.29, 1.82) is 0 Å². The second-order valence-corrected chi connectivity index (χ2v) is 5.39. The number of alkyl halides is 2. The lowest BCUT2D eigenvalue weighted by Crippen LogP contribution is -2.03. The maximum absolute atomic E-state index is 12.6. The Morgan fingerprint density at radius 3 is 2.58 bits per heavy atom. The first-order valence-corrected chi connectivity index (χ1v) is 7.42. The van der Waals surface area contributed by atoms with Crippen LogP contribution in [0.5, 0.6) is 5.75 Å². The molecule has 7 heteroatoms. The minimum Gasteiger partial charge on any atom is -0.434 e. The Kier molecular flexibility index (Phi) is 4.66. The zero-order chi connectivity index (χ0) is 17.1. The van der Waals surface area contributed by atoms with Crippen molar-refractivity contribution in [3.63, 3.8) is 0 Å². The molecule has 0 fully saturated rings. The van der Waals surface area contributed by atoms with Crippen molar-refractivity contribution in [3.8, 4) is 28.5 Å². The highest BCUT2D eigenvalue weighted by Gasteiger charge is 2.14. The number of aryl methyl sites for hydroxylation is 1. The molecule has 0 aliphatic carbocycles. The van der Waals surface area contributed by atoms with E-state index >= 15 is 0 Å². The molecular formula is C17H12ClF2N3O. The molecule has 4 nitrogen and oxygen atoms in total. The van der Waals surface area contributed by atoms with Crippen LogP contribution in [0.3, 0.4) is 0 Å². The summed E-state index contributed by atoms with van der Waals surface area (Å²) < 4.78 is 29.8. The molecule has 122 valence electrons. The second-order valence-electron chi connectivity index (χ2n) is 4.95. The number of benzene rings is 1. The summed E-state index contributed by atoms with van der Waals surface area (Å²) in [6, 6.07) is 11.5. The van der Waals surface area contributed by atoms with Gasteiger partial charge in [0.25, 0.3) is 0 Å². The van der Waals surface area contributed by atoms with E-state index < -0.39 is 6.61 Å². The van der Waals surface area contributed by atoms with E-state index in [0.717, 1.165) is 5.69 Å². The zero-order valence-corrected chi connectivity index (χ0v) is 13.3. The molecule has 3 rings (SSSR count). The van der Waals surface area contributed by atoms with E-state index in [4.69, 9.17) is 11.6 Å². The van der Waals surface area contributed by atoms with Gasteiger partial charge in [0, 0.05) is 22.5 Å². The SMILES string of the molecule is Cc1ccnc(-c2cccc(-c3ccc(Cl)cc3OC(F)F)n2)n1. The molecule has 2 aromatic heterocycles. The maximum Gasteiger partial charge on any atom is 0.387 e. The third-order valence-corrected chi connectivity index (χ3v) is 3.44. The van der Waals surface area contributed by atoms with Gasteiger partial charge in [-0.3, -0.25) is 0 Å². The predicted molar refractivity (Wildman–Crippen MR) is 87.1 cm³/mol. The first-order valence-electron chi connectivity index (χ1n) is 7.05. The van der Waals surface area contributed by atoms with Crippen LogP contribution in [0.4, 0.5) is 8.78 Å². The summed E-state index contributed by atoms with van der Waals surface area (Å²) in [5, 5.41) is 0.299. The highest BCUT2D eigenvalue weighted by molar-refractivity contribution is 6.30. The molecule has 0 saturated heterocycles. The summed E-state index contributed by atoms with van der Waals surface area (Å²) in [6.45, 7) is -1.10. The molecule has 0 N–H and O–H groups in total. The lowest BCUT2D eigenvalue weighted by Gasteiger charge is -2.11. The van der Waals surface area contributed by atoms with Crippen LogP contribution in [0.15, 0.2) is 48.7 Å². The van der Waals surface area contributed by atoms with Gasteiger partial charge < -0.3 is 4.74 Å². The average molecular weight is 348 g/mol. The standard InChI is InChI=1S/C17H12ClF2N3O/c1-10-7-8-21-16(22-10)14-4-2-3-13(23-14)12-6-5-11(18)9-15(12)24-17(19)20/h2-9,17H,1H3. The van der Waals surface area contributed by atoms with Crippen LogP contribution in [0.1, 0.15) is 5.69 Å². The van der Waals surface area contributed by atoms with Crippen molar-refractivity contribution in [2.24, 2.45) is 0 Å². The Morgan fingerprint density at radius 1 is 1.04 bits per heavy atom. The van der Waals surface area contributed by atoms with E-state index in [1.165, 1.54) is 6.07 Å². The quantitative estimate of drug-likeness (QED) is 0.682. The lowest BCUT2D eigenvalue weighted by molar-refractivity contribution is -0.0494. The molecule has 0 amide bonds. The molecule has 0 unspecified atom stereocenters. The number of hydrogen-bond acceptors (Lipinski definition) is 4. The van der Waals surface area contributed by atoms with Crippen LogP contribution in [-0.2, 0) is 0 Å². The molecule has 2 heterocycles. The molecule has 0 aliphatic rings. The minimum atomic E-state index is -2.95. The fraction of sp³-hybridized carbons (Fsp3) is 0.118. The summed E-state index contributed by atoms with van der Waals surface area (Å²) in [5.74, 6) is 0.425. The van der Waals surface area contributed by atoms with E-state index in [9.17, 15) is 8.78 Å². The highest BCUT2D eigenvalue weighted by Crippen LogP contribution is 2.33. The van der Waals surface area contributed by atoms with E-state index in [0.29, 0.717) is 27.8 Å².